The Bertz CT molecular complexity index is 966. The topological polar surface area (TPSA) is 92.7 Å². The molecular formula is C20H24N4O4S. The maximum absolute atomic E-state index is 13.1. The van der Waals surface area contributed by atoms with E-state index in [-0.39, 0.29) is 11.8 Å². The van der Waals surface area contributed by atoms with Crippen LogP contribution < -0.4 is 4.74 Å². The van der Waals surface area contributed by atoms with Gasteiger partial charge in [-0.3, -0.25) is 4.79 Å². The van der Waals surface area contributed by atoms with Crippen LogP contribution in [0.3, 0.4) is 0 Å². The van der Waals surface area contributed by atoms with Crippen LogP contribution in [0.1, 0.15) is 28.9 Å². The predicted molar refractivity (Wildman–Crippen MR) is 107 cm³/mol. The number of hydrogen-bond donors (Lipinski definition) is 0. The molecule has 0 spiro atoms. The molecule has 29 heavy (non-hydrogen) atoms. The van der Waals surface area contributed by atoms with Crippen LogP contribution in [0.5, 0.6) is 5.75 Å². The molecular weight excluding hydrogens is 392 g/mol. The normalized spacial score (nSPS) is 24.0. The molecule has 8 nitrogen and oxygen atoms in total. The second kappa shape index (κ2) is 8.08. The molecule has 0 bridgehead atoms. The zero-order valence-corrected chi connectivity index (χ0v) is 17.1. The quantitative estimate of drug-likeness (QED) is 0.751. The highest BCUT2D eigenvalue weighted by Gasteiger charge is 2.47. The molecule has 3 heterocycles. The fourth-order valence-corrected chi connectivity index (χ4v) is 6.39. The van der Waals surface area contributed by atoms with Crippen LogP contribution in [0.15, 0.2) is 42.9 Å². The first-order chi connectivity index (χ1) is 14.0. The lowest BCUT2D eigenvalue weighted by atomic mass is 10.0. The maximum atomic E-state index is 13.1. The highest BCUT2D eigenvalue weighted by Crippen LogP contribution is 2.35. The van der Waals surface area contributed by atoms with Crippen molar-refractivity contribution in [2.75, 3.05) is 26.7 Å². The van der Waals surface area contributed by atoms with Gasteiger partial charge in [0.15, 0.2) is 0 Å². The maximum Gasteiger partial charge on any atom is 0.272 e. The standard InChI is InChI=1S/C20H24N4O4S/c1-28-17-4-2-15(3-5-17)12-24-13-16-7-10-23(11-8-19(16)29(24,26)27)20(25)18-6-9-21-14-22-18/h2-6,9,14,16,19H,7-8,10-13H2,1H3/t16-,19-/m0/s1. The first kappa shape index (κ1) is 19.8. The van der Waals surface area contributed by atoms with Gasteiger partial charge in [0, 0.05) is 32.4 Å². The number of fused-ring (bicyclic) bond motifs is 1. The molecule has 4 rings (SSSR count). The number of hydrogen-bond acceptors (Lipinski definition) is 6. The molecule has 0 N–H and O–H groups in total. The molecule has 2 aliphatic rings. The average Bonchev–Trinajstić information content (AvgIpc) is 2.88. The Morgan fingerprint density at radius 3 is 2.62 bits per heavy atom. The van der Waals surface area contributed by atoms with Crippen molar-refractivity contribution < 1.29 is 17.9 Å². The smallest absolute Gasteiger partial charge is 0.272 e. The first-order valence-corrected chi connectivity index (χ1v) is 11.2. The number of amides is 1. The summed E-state index contributed by atoms with van der Waals surface area (Å²) in [6.45, 7) is 1.81. The molecule has 2 fully saturated rings. The number of carbonyl (C=O) groups excluding carboxylic acids is 1. The van der Waals surface area contributed by atoms with E-state index in [9.17, 15) is 13.2 Å². The molecule has 2 atom stereocenters. The molecule has 0 unspecified atom stereocenters. The van der Waals surface area contributed by atoms with Crippen molar-refractivity contribution >= 4 is 15.9 Å². The number of likely N-dealkylation sites (tertiary alicyclic amines) is 1. The molecule has 2 aliphatic heterocycles. The van der Waals surface area contributed by atoms with Crippen LogP contribution in [0.2, 0.25) is 0 Å². The van der Waals surface area contributed by atoms with Gasteiger partial charge in [0.1, 0.15) is 17.8 Å². The van der Waals surface area contributed by atoms with Crippen molar-refractivity contribution in [3.05, 3.63) is 54.1 Å². The lowest BCUT2D eigenvalue weighted by molar-refractivity contribution is 0.0753. The van der Waals surface area contributed by atoms with Gasteiger partial charge in [-0.25, -0.2) is 18.4 Å². The van der Waals surface area contributed by atoms with Gasteiger partial charge in [0.2, 0.25) is 10.0 Å². The zero-order valence-electron chi connectivity index (χ0n) is 16.3. The molecule has 2 aromatic rings. The lowest BCUT2D eigenvalue weighted by Crippen LogP contribution is -2.35. The summed E-state index contributed by atoms with van der Waals surface area (Å²) in [5.74, 6) is 0.609. The lowest BCUT2D eigenvalue weighted by Gasteiger charge is -2.22. The number of nitrogens with zero attached hydrogens (tertiary/aromatic N) is 4. The minimum Gasteiger partial charge on any atom is -0.497 e. The van der Waals surface area contributed by atoms with E-state index in [0.717, 1.165) is 11.3 Å². The number of methoxy groups -OCH3 is 1. The number of rotatable bonds is 4. The second-order valence-corrected chi connectivity index (χ2v) is 9.60. The van der Waals surface area contributed by atoms with Gasteiger partial charge in [-0.1, -0.05) is 12.1 Å². The molecule has 0 saturated carbocycles. The first-order valence-electron chi connectivity index (χ1n) is 9.66. The van der Waals surface area contributed by atoms with Crippen LogP contribution in [0, 0.1) is 5.92 Å². The summed E-state index contributed by atoms with van der Waals surface area (Å²) in [5, 5.41) is -0.441. The van der Waals surface area contributed by atoms with E-state index in [4.69, 9.17) is 4.74 Å². The summed E-state index contributed by atoms with van der Waals surface area (Å²) in [6.07, 6.45) is 4.00. The summed E-state index contributed by atoms with van der Waals surface area (Å²) in [6, 6.07) is 9.05. The van der Waals surface area contributed by atoms with Crippen molar-refractivity contribution in [1.82, 2.24) is 19.2 Å². The number of aromatic nitrogens is 2. The third kappa shape index (κ3) is 3.97. The Kier molecular flexibility index (Phi) is 5.51. The van der Waals surface area contributed by atoms with Crippen molar-refractivity contribution in [1.29, 1.82) is 0 Å². The van der Waals surface area contributed by atoms with Crippen LogP contribution in [0.4, 0.5) is 0 Å². The molecule has 9 heteroatoms. The van der Waals surface area contributed by atoms with Gasteiger partial charge in [-0.2, -0.15) is 4.31 Å². The average molecular weight is 417 g/mol. The minimum atomic E-state index is -3.40. The summed E-state index contributed by atoms with van der Waals surface area (Å²) < 4.78 is 33.0. The van der Waals surface area contributed by atoms with E-state index < -0.39 is 15.3 Å². The van der Waals surface area contributed by atoms with E-state index in [2.05, 4.69) is 9.97 Å². The van der Waals surface area contributed by atoms with Crippen LogP contribution in [0.25, 0.3) is 0 Å². The van der Waals surface area contributed by atoms with E-state index in [1.165, 1.54) is 12.5 Å². The highest BCUT2D eigenvalue weighted by molar-refractivity contribution is 7.90. The zero-order chi connectivity index (χ0) is 20.4. The molecule has 0 aliphatic carbocycles. The molecule has 0 radical (unpaired) electrons. The third-order valence-corrected chi connectivity index (χ3v) is 8.15. The van der Waals surface area contributed by atoms with Gasteiger partial charge < -0.3 is 9.64 Å². The van der Waals surface area contributed by atoms with Gasteiger partial charge in [0.05, 0.1) is 12.4 Å². The van der Waals surface area contributed by atoms with Gasteiger partial charge >= 0.3 is 0 Å². The number of ether oxygens (including phenoxy) is 1. The van der Waals surface area contributed by atoms with E-state index in [0.29, 0.717) is 44.7 Å². The van der Waals surface area contributed by atoms with Crippen molar-refractivity contribution in [2.45, 2.75) is 24.6 Å². The number of carbonyl (C=O) groups is 1. The number of sulfonamides is 1. The van der Waals surface area contributed by atoms with Crippen LogP contribution in [-0.2, 0) is 16.6 Å². The Labute approximate surface area is 170 Å². The summed E-state index contributed by atoms with van der Waals surface area (Å²) in [5.41, 5.74) is 1.28. The molecule has 1 amide bonds. The fourth-order valence-electron chi connectivity index (χ4n) is 4.17. The van der Waals surface area contributed by atoms with Crippen molar-refractivity contribution in [3.8, 4) is 5.75 Å². The Balaban J connectivity index is 1.44. The summed E-state index contributed by atoms with van der Waals surface area (Å²) >= 11 is 0. The fraction of sp³-hybridized carbons (Fsp3) is 0.450. The highest BCUT2D eigenvalue weighted by atomic mass is 32.2. The summed E-state index contributed by atoms with van der Waals surface area (Å²) in [4.78, 5) is 22.2. The Morgan fingerprint density at radius 2 is 1.93 bits per heavy atom. The Morgan fingerprint density at radius 1 is 1.17 bits per heavy atom. The second-order valence-electron chi connectivity index (χ2n) is 7.45. The van der Waals surface area contributed by atoms with Crippen molar-refractivity contribution in [3.63, 3.8) is 0 Å². The molecule has 1 aromatic carbocycles. The summed E-state index contributed by atoms with van der Waals surface area (Å²) in [7, 11) is -1.80. The van der Waals surface area contributed by atoms with Gasteiger partial charge in [0.25, 0.3) is 5.91 Å². The van der Waals surface area contributed by atoms with Crippen LogP contribution in [-0.4, -0.2) is 65.5 Å². The van der Waals surface area contributed by atoms with Crippen LogP contribution >= 0.6 is 0 Å². The molecule has 1 aromatic heterocycles. The Hall–Kier alpha value is -2.52. The van der Waals surface area contributed by atoms with Crippen molar-refractivity contribution in [2.24, 2.45) is 5.92 Å². The van der Waals surface area contributed by atoms with Gasteiger partial charge in [-0.05, 0) is 42.5 Å². The third-order valence-electron chi connectivity index (χ3n) is 5.77. The van der Waals surface area contributed by atoms with E-state index in [1.807, 2.05) is 24.3 Å². The molecule has 2 saturated heterocycles. The van der Waals surface area contributed by atoms with Gasteiger partial charge in [-0.15, -0.1) is 0 Å². The molecule has 154 valence electrons. The minimum absolute atomic E-state index is 0.0291. The predicted octanol–water partition coefficient (Wildman–Crippen LogP) is 1.55. The monoisotopic (exact) mass is 416 g/mol. The SMILES string of the molecule is COc1ccc(CN2C[C@@H]3CCN(C(=O)c4ccncn4)CC[C@@H]3S2(=O)=O)cc1. The largest absolute Gasteiger partial charge is 0.497 e. The number of benzene rings is 1. The van der Waals surface area contributed by atoms with E-state index >= 15 is 0 Å². The van der Waals surface area contributed by atoms with E-state index in [1.54, 1.807) is 22.4 Å².